The van der Waals surface area contributed by atoms with Gasteiger partial charge in [-0.1, -0.05) is 41.9 Å². The SMILES string of the molecule is Clc1cc(SCCN2CCC(c3ccccc3)C2)cc2c1OCCO2. The standard InChI is InChI=1S/C20H22ClNO2S/c21-18-12-17(13-19-20(18)24-10-9-23-19)25-11-8-22-7-6-16(14-22)15-4-2-1-3-5-15/h1-5,12-13,16H,6-11,14H2. The van der Waals surface area contributed by atoms with Crippen molar-refractivity contribution < 1.29 is 9.47 Å². The summed E-state index contributed by atoms with van der Waals surface area (Å²) in [4.78, 5) is 3.71. The highest BCUT2D eigenvalue weighted by Crippen LogP contribution is 2.40. The van der Waals surface area contributed by atoms with Crippen molar-refractivity contribution in [2.75, 3.05) is 38.6 Å². The zero-order chi connectivity index (χ0) is 17.1. The van der Waals surface area contributed by atoms with E-state index in [4.69, 9.17) is 21.1 Å². The molecule has 2 aromatic rings. The zero-order valence-electron chi connectivity index (χ0n) is 14.1. The molecule has 3 nitrogen and oxygen atoms in total. The summed E-state index contributed by atoms with van der Waals surface area (Å²) in [5, 5.41) is 0.644. The Labute approximate surface area is 158 Å². The first-order valence-corrected chi connectivity index (χ1v) is 10.2. The maximum Gasteiger partial charge on any atom is 0.179 e. The number of rotatable bonds is 5. The molecule has 0 aromatic heterocycles. The summed E-state index contributed by atoms with van der Waals surface area (Å²) in [7, 11) is 0. The van der Waals surface area contributed by atoms with E-state index in [1.807, 2.05) is 23.9 Å². The molecular weight excluding hydrogens is 354 g/mol. The van der Waals surface area contributed by atoms with E-state index in [2.05, 4.69) is 35.2 Å². The molecule has 0 saturated carbocycles. The molecule has 2 aliphatic heterocycles. The van der Waals surface area contributed by atoms with Gasteiger partial charge in [0.1, 0.15) is 13.2 Å². The first kappa shape index (κ1) is 17.1. The lowest BCUT2D eigenvalue weighted by Gasteiger charge is -2.20. The van der Waals surface area contributed by atoms with Crippen molar-refractivity contribution in [1.29, 1.82) is 0 Å². The van der Waals surface area contributed by atoms with E-state index < -0.39 is 0 Å². The van der Waals surface area contributed by atoms with Gasteiger partial charge in [-0.25, -0.2) is 0 Å². The topological polar surface area (TPSA) is 21.7 Å². The van der Waals surface area contributed by atoms with Crippen molar-refractivity contribution in [3.05, 3.63) is 53.1 Å². The minimum Gasteiger partial charge on any atom is -0.486 e. The lowest BCUT2D eigenvalue weighted by molar-refractivity contribution is 0.171. The van der Waals surface area contributed by atoms with Crippen LogP contribution >= 0.6 is 23.4 Å². The van der Waals surface area contributed by atoms with E-state index in [1.54, 1.807) is 0 Å². The summed E-state index contributed by atoms with van der Waals surface area (Å²) < 4.78 is 11.2. The largest absolute Gasteiger partial charge is 0.486 e. The Bertz CT molecular complexity index is 725. The number of likely N-dealkylation sites (tertiary alicyclic amines) is 1. The molecule has 4 rings (SSSR count). The summed E-state index contributed by atoms with van der Waals surface area (Å²) in [6, 6.07) is 14.9. The first-order chi connectivity index (χ1) is 12.3. The average Bonchev–Trinajstić information content (AvgIpc) is 3.12. The molecule has 1 unspecified atom stereocenters. The van der Waals surface area contributed by atoms with Crippen LogP contribution in [0.2, 0.25) is 5.02 Å². The van der Waals surface area contributed by atoms with Crippen LogP contribution in [0.4, 0.5) is 0 Å². The van der Waals surface area contributed by atoms with Crippen molar-refractivity contribution in [2.45, 2.75) is 17.2 Å². The normalized spacial score (nSPS) is 20.0. The number of halogens is 1. The monoisotopic (exact) mass is 375 g/mol. The van der Waals surface area contributed by atoms with Crippen LogP contribution in [-0.4, -0.2) is 43.5 Å². The number of thioether (sulfide) groups is 1. The van der Waals surface area contributed by atoms with Crippen LogP contribution in [0.5, 0.6) is 11.5 Å². The second-order valence-electron chi connectivity index (χ2n) is 6.47. The van der Waals surface area contributed by atoms with Gasteiger partial charge in [-0.2, -0.15) is 0 Å². The molecule has 0 N–H and O–H groups in total. The van der Waals surface area contributed by atoms with Gasteiger partial charge in [0.2, 0.25) is 0 Å². The fraction of sp³-hybridized carbons (Fsp3) is 0.400. The van der Waals surface area contributed by atoms with Crippen LogP contribution in [-0.2, 0) is 0 Å². The number of hydrogen-bond donors (Lipinski definition) is 0. The van der Waals surface area contributed by atoms with Crippen molar-refractivity contribution in [3.63, 3.8) is 0 Å². The third kappa shape index (κ3) is 4.08. The zero-order valence-corrected chi connectivity index (χ0v) is 15.7. The Hall–Kier alpha value is -1.36. The smallest absolute Gasteiger partial charge is 0.179 e. The van der Waals surface area contributed by atoms with Gasteiger partial charge in [0.25, 0.3) is 0 Å². The maximum atomic E-state index is 6.31. The van der Waals surface area contributed by atoms with Crippen LogP contribution in [0.25, 0.3) is 0 Å². The fourth-order valence-corrected chi connectivity index (χ4v) is 4.80. The quantitative estimate of drug-likeness (QED) is 0.706. The molecule has 2 aromatic carbocycles. The number of fused-ring (bicyclic) bond motifs is 1. The molecule has 1 fully saturated rings. The van der Waals surface area contributed by atoms with Gasteiger partial charge in [0.05, 0.1) is 5.02 Å². The van der Waals surface area contributed by atoms with E-state index in [0.29, 0.717) is 29.9 Å². The van der Waals surface area contributed by atoms with Gasteiger partial charge in [-0.3, -0.25) is 0 Å². The van der Waals surface area contributed by atoms with Crippen LogP contribution in [0.3, 0.4) is 0 Å². The van der Waals surface area contributed by atoms with E-state index in [9.17, 15) is 0 Å². The van der Waals surface area contributed by atoms with Gasteiger partial charge in [0.15, 0.2) is 11.5 Å². The molecule has 25 heavy (non-hydrogen) atoms. The first-order valence-electron chi connectivity index (χ1n) is 8.79. The molecule has 1 saturated heterocycles. The van der Waals surface area contributed by atoms with Crippen LogP contribution in [0, 0.1) is 0 Å². The van der Waals surface area contributed by atoms with Crippen molar-refractivity contribution in [1.82, 2.24) is 4.90 Å². The number of hydrogen-bond acceptors (Lipinski definition) is 4. The van der Waals surface area contributed by atoms with E-state index in [-0.39, 0.29) is 0 Å². The highest BCUT2D eigenvalue weighted by atomic mass is 35.5. The van der Waals surface area contributed by atoms with Crippen LogP contribution in [0.1, 0.15) is 17.9 Å². The highest BCUT2D eigenvalue weighted by Gasteiger charge is 2.23. The van der Waals surface area contributed by atoms with Gasteiger partial charge >= 0.3 is 0 Å². The Morgan fingerprint density at radius 2 is 1.96 bits per heavy atom. The maximum absolute atomic E-state index is 6.31. The molecule has 5 heteroatoms. The van der Waals surface area contributed by atoms with E-state index in [0.717, 1.165) is 29.5 Å². The number of ether oxygens (including phenoxy) is 2. The van der Waals surface area contributed by atoms with Gasteiger partial charge in [-0.15, -0.1) is 11.8 Å². The lowest BCUT2D eigenvalue weighted by atomic mass is 9.99. The lowest BCUT2D eigenvalue weighted by Crippen LogP contribution is -2.23. The Kier molecular flexibility index (Phi) is 5.39. The van der Waals surface area contributed by atoms with E-state index >= 15 is 0 Å². The minimum atomic E-state index is 0.566. The van der Waals surface area contributed by atoms with Gasteiger partial charge < -0.3 is 14.4 Å². The third-order valence-electron chi connectivity index (χ3n) is 4.79. The molecule has 0 aliphatic carbocycles. The Balaban J connectivity index is 1.29. The molecule has 2 aliphatic rings. The summed E-state index contributed by atoms with van der Waals surface area (Å²) >= 11 is 8.14. The second-order valence-corrected chi connectivity index (χ2v) is 8.05. The number of benzene rings is 2. The third-order valence-corrected chi connectivity index (χ3v) is 6.03. The second kappa shape index (κ2) is 7.90. The summed E-state index contributed by atoms with van der Waals surface area (Å²) in [6.07, 6.45) is 1.25. The van der Waals surface area contributed by atoms with E-state index in [1.165, 1.54) is 18.5 Å². The molecule has 0 amide bonds. The molecule has 0 radical (unpaired) electrons. The molecular formula is C20H22ClNO2S. The molecule has 0 bridgehead atoms. The Morgan fingerprint density at radius 1 is 1.12 bits per heavy atom. The fourth-order valence-electron chi connectivity index (χ4n) is 3.50. The molecule has 2 heterocycles. The predicted molar refractivity (Wildman–Crippen MR) is 103 cm³/mol. The summed E-state index contributed by atoms with van der Waals surface area (Å²) in [5.74, 6) is 3.18. The van der Waals surface area contributed by atoms with Crippen LogP contribution in [0.15, 0.2) is 47.4 Å². The highest BCUT2D eigenvalue weighted by molar-refractivity contribution is 7.99. The summed E-state index contributed by atoms with van der Waals surface area (Å²) in [6.45, 7) is 4.59. The predicted octanol–water partition coefficient (Wildman–Crippen LogP) is 4.69. The van der Waals surface area contributed by atoms with Crippen LogP contribution < -0.4 is 9.47 Å². The molecule has 132 valence electrons. The molecule has 0 spiro atoms. The van der Waals surface area contributed by atoms with Gasteiger partial charge in [0, 0.05) is 23.7 Å². The summed E-state index contributed by atoms with van der Waals surface area (Å²) in [5.41, 5.74) is 1.47. The van der Waals surface area contributed by atoms with Crippen molar-refractivity contribution >= 4 is 23.4 Å². The van der Waals surface area contributed by atoms with Gasteiger partial charge in [-0.05, 0) is 36.6 Å². The van der Waals surface area contributed by atoms with Crippen molar-refractivity contribution in [2.24, 2.45) is 0 Å². The average molecular weight is 376 g/mol. The number of nitrogens with zero attached hydrogens (tertiary/aromatic N) is 1. The Morgan fingerprint density at radius 3 is 2.84 bits per heavy atom. The minimum absolute atomic E-state index is 0.566. The molecule has 1 atom stereocenters. The van der Waals surface area contributed by atoms with Crippen molar-refractivity contribution in [3.8, 4) is 11.5 Å².